The van der Waals surface area contributed by atoms with E-state index in [9.17, 15) is 4.79 Å². The second-order valence-electron chi connectivity index (χ2n) is 3.60. The van der Waals surface area contributed by atoms with Crippen LogP contribution in [0.15, 0.2) is 24.3 Å². The minimum absolute atomic E-state index is 0.165. The van der Waals surface area contributed by atoms with Crippen LogP contribution in [0.4, 0.5) is 5.69 Å². The maximum atomic E-state index is 11.6. The molecule has 0 heterocycles. The molecule has 1 aromatic carbocycles. The van der Waals surface area contributed by atoms with Gasteiger partial charge in [-0.05, 0) is 38.4 Å². The van der Waals surface area contributed by atoms with Gasteiger partial charge in [0.05, 0.1) is 0 Å². The molecule has 0 aromatic heterocycles. The molecule has 0 saturated heterocycles. The van der Waals surface area contributed by atoms with E-state index in [-0.39, 0.29) is 5.78 Å². The highest BCUT2D eigenvalue weighted by Gasteiger charge is 2.05. The van der Waals surface area contributed by atoms with Crippen LogP contribution in [0.1, 0.15) is 16.8 Å². The van der Waals surface area contributed by atoms with Gasteiger partial charge in [-0.1, -0.05) is 0 Å². The number of Topliss-reactive ketones (excluding diaryl/α,β-unsaturated/α-hetero) is 1. The maximum Gasteiger partial charge on any atom is 0.164 e. The van der Waals surface area contributed by atoms with Gasteiger partial charge in [0.15, 0.2) is 5.78 Å². The van der Waals surface area contributed by atoms with Gasteiger partial charge in [0.2, 0.25) is 0 Å². The van der Waals surface area contributed by atoms with E-state index in [4.69, 9.17) is 5.73 Å². The monoisotopic (exact) mass is 192 g/mol. The van der Waals surface area contributed by atoms with Crippen molar-refractivity contribution >= 4 is 11.5 Å². The molecule has 0 radical (unpaired) electrons. The number of carbonyl (C=O) groups is 1. The zero-order valence-corrected chi connectivity index (χ0v) is 8.66. The highest BCUT2D eigenvalue weighted by atomic mass is 16.1. The Kier molecular flexibility index (Phi) is 3.65. The van der Waals surface area contributed by atoms with Crippen molar-refractivity contribution in [2.45, 2.75) is 6.42 Å². The Morgan fingerprint density at radius 3 is 2.36 bits per heavy atom. The largest absolute Gasteiger partial charge is 0.399 e. The molecule has 2 N–H and O–H groups in total. The molecule has 0 atom stereocenters. The summed E-state index contributed by atoms with van der Waals surface area (Å²) in [5.41, 5.74) is 6.96. The number of nitrogens with two attached hydrogens (primary N) is 1. The fourth-order valence-electron chi connectivity index (χ4n) is 1.14. The van der Waals surface area contributed by atoms with Crippen molar-refractivity contribution in [2.75, 3.05) is 26.4 Å². The number of hydrogen-bond acceptors (Lipinski definition) is 3. The van der Waals surface area contributed by atoms with E-state index in [1.807, 2.05) is 19.0 Å². The van der Waals surface area contributed by atoms with Gasteiger partial charge in [0.25, 0.3) is 0 Å². The molecule has 1 rings (SSSR count). The predicted octanol–water partition coefficient (Wildman–Crippen LogP) is 1.40. The molecular weight excluding hydrogens is 176 g/mol. The zero-order valence-electron chi connectivity index (χ0n) is 8.66. The molecule has 0 aliphatic heterocycles. The molecule has 0 amide bonds. The second kappa shape index (κ2) is 4.77. The number of rotatable bonds is 4. The molecule has 76 valence electrons. The van der Waals surface area contributed by atoms with Crippen LogP contribution in [0.25, 0.3) is 0 Å². The molecule has 0 saturated carbocycles. The third-order valence-corrected chi connectivity index (χ3v) is 2.02. The Hall–Kier alpha value is -1.35. The number of hydrogen-bond donors (Lipinski definition) is 1. The molecule has 14 heavy (non-hydrogen) atoms. The van der Waals surface area contributed by atoms with E-state index in [1.165, 1.54) is 0 Å². The normalized spacial score (nSPS) is 10.5. The van der Waals surface area contributed by atoms with E-state index in [0.29, 0.717) is 12.1 Å². The van der Waals surface area contributed by atoms with Gasteiger partial charge in [-0.15, -0.1) is 0 Å². The summed E-state index contributed by atoms with van der Waals surface area (Å²) >= 11 is 0. The van der Waals surface area contributed by atoms with Crippen LogP contribution < -0.4 is 5.73 Å². The van der Waals surface area contributed by atoms with Crippen LogP contribution >= 0.6 is 0 Å². The van der Waals surface area contributed by atoms with E-state index < -0.39 is 0 Å². The average molecular weight is 192 g/mol. The lowest BCUT2D eigenvalue weighted by atomic mass is 10.1. The molecule has 0 bridgehead atoms. The lowest BCUT2D eigenvalue weighted by Gasteiger charge is -2.08. The summed E-state index contributed by atoms with van der Waals surface area (Å²) in [5.74, 6) is 0.165. The lowest BCUT2D eigenvalue weighted by molar-refractivity contribution is 0.0972. The Morgan fingerprint density at radius 1 is 1.29 bits per heavy atom. The Morgan fingerprint density at radius 2 is 1.86 bits per heavy atom. The van der Waals surface area contributed by atoms with Crippen LogP contribution in [0.5, 0.6) is 0 Å². The average Bonchev–Trinajstić information content (AvgIpc) is 2.15. The molecule has 3 heteroatoms. The van der Waals surface area contributed by atoms with Crippen molar-refractivity contribution in [3.05, 3.63) is 29.8 Å². The van der Waals surface area contributed by atoms with Gasteiger partial charge in [-0.3, -0.25) is 4.79 Å². The first-order valence-corrected chi connectivity index (χ1v) is 4.63. The minimum Gasteiger partial charge on any atom is -0.399 e. The number of nitrogen functional groups attached to an aromatic ring is 1. The Balaban J connectivity index is 2.57. The maximum absolute atomic E-state index is 11.6. The lowest BCUT2D eigenvalue weighted by Crippen LogP contribution is -2.16. The predicted molar refractivity (Wildman–Crippen MR) is 58.4 cm³/mol. The van der Waals surface area contributed by atoms with Crippen molar-refractivity contribution < 1.29 is 4.79 Å². The SMILES string of the molecule is CN(C)CCC(=O)c1ccc(N)cc1. The number of benzene rings is 1. The Bertz CT molecular complexity index is 304. The fraction of sp³-hybridized carbons (Fsp3) is 0.364. The molecule has 0 unspecified atom stereocenters. The van der Waals surface area contributed by atoms with Crippen LogP contribution in [0, 0.1) is 0 Å². The third-order valence-electron chi connectivity index (χ3n) is 2.02. The molecule has 0 spiro atoms. The highest BCUT2D eigenvalue weighted by molar-refractivity contribution is 5.96. The van der Waals surface area contributed by atoms with Gasteiger partial charge >= 0.3 is 0 Å². The van der Waals surface area contributed by atoms with E-state index in [0.717, 1.165) is 12.1 Å². The van der Waals surface area contributed by atoms with Crippen molar-refractivity contribution in [2.24, 2.45) is 0 Å². The Labute approximate surface area is 84.5 Å². The first-order chi connectivity index (χ1) is 6.59. The number of carbonyl (C=O) groups excluding carboxylic acids is 1. The number of ketones is 1. The van der Waals surface area contributed by atoms with E-state index in [1.54, 1.807) is 24.3 Å². The molecule has 1 aromatic rings. The van der Waals surface area contributed by atoms with Crippen molar-refractivity contribution in [1.29, 1.82) is 0 Å². The molecule has 3 nitrogen and oxygen atoms in total. The summed E-state index contributed by atoms with van der Waals surface area (Å²) in [7, 11) is 3.91. The van der Waals surface area contributed by atoms with E-state index in [2.05, 4.69) is 0 Å². The summed E-state index contributed by atoms with van der Waals surface area (Å²) in [6.07, 6.45) is 0.552. The summed E-state index contributed by atoms with van der Waals surface area (Å²) in [6.45, 7) is 0.781. The van der Waals surface area contributed by atoms with Crippen LogP contribution in [0.2, 0.25) is 0 Å². The summed E-state index contributed by atoms with van der Waals surface area (Å²) < 4.78 is 0. The van der Waals surface area contributed by atoms with Gasteiger partial charge in [0.1, 0.15) is 0 Å². The topological polar surface area (TPSA) is 46.3 Å². The first-order valence-electron chi connectivity index (χ1n) is 4.63. The standard InChI is InChI=1S/C11H16N2O/c1-13(2)8-7-11(14)9-3-5-10(12)6-4-9/h3-6H,7-8,12H2,1-2H3. The van der Waals surface area contributed by atoms with E-state index >= 15 is 0 Å². The molecule has 0 aliphatic rings. The van der Waals surface area contributed by atoms with Crippen molar-refractivity contribution in [3.8, 4) is 0 Å². The summed E-state index contributed by atoms with van der Waals surface area (Å²) in [6, 6.07) is 7.05. The first kappa shape index (κ1) is 10.7. The zero-order chi connectivity index (χ0) is 10.6. The molecular formula is C11H16N2O. The second-order valence-corrected chi connectivity index (χ2v) is 3.60. The van der Waals surface area contributed by atoms with Crippen LogP contribution in [0.3, 0.4) is 0 Å². The quantitative estimate of drug-likeness (QED) is 0.579. The molecule has 0 aliphatic carbocycles. The van der Waals surface area contributed by atoms with Crippen molar-refractivity contribution in [3.63, 3.8) is 0 Å². The number of anilines is 1. The third kappa shape index (κ3) is 3.18. The number of nitrogens with zero attached hydrogens (tertiary/aromatic N) is 1. The summed E-state index contributed by atoms with van der Waals surface area (Å²) in [4.78, 5) is 13.6. The van der Waals surface area contributed by atoms with Gasteiger partial charge in [0, 0.05) is 24.2 Å². The smallest absolute Gasteiger partial charge is 0.164 e. The summed E-state index contributed by atoms with van der Waals surface area (Å²) in [5, 5.41) is 0. The fourth-order valence-corrected chi connectivity index (χ4v) is 1.14. The molecule has 0 fully saturated rings. The van der Waals surface area contributed by atoms with Crippen LogP contribution in [-0.4, -0.2) is 31.3 Å². The minimum atomic E-state index is 0.165. The van der Waals surface area contributed by atoms with Crippen molar-refractivity contribution in [1.82, 2.24) is 4.90 Å². The highest BCUT2D eigenvalue weighted by Crippen LogP contribution is 2.07. The van der Waals surface area contributed by atoms with Gasteiger partial charge in [-0.2, -0.15) is 0 Å². The van der Waals surface area contributed by atoms with Gasteiger partial charge < -0.3 is 10.6 Å². The van der Waals surface area contributed by atoms with Crippen LogP contribution in [-0.2, 0) is 0 Å². The van der Waals surface area contributed by atoms with Gasteiger partial charge in [-0.25, -0.2) is 0 Å².